The van der Waals surface area contributed by atoms with Crippen LogP contribution in [0.25, 0.3) is 0 Å². The summed E-state index contributed by atoms with van der Waals surface area (Å²) in [4.78, 5) is 3.97. The molecule has 0 aliphatic rings. The van der Waals surface area contributed by atoms with Gasteiger partial charge in [0.15, 0.2) is 0 Å². The summed E-state index contributed by atoms with van der Waals surface area (Å²) < 4.78 is 5.62. The van der Waals surface area contributed by atoms with Crippen LogP contribution in [-0.2, 0) is 4.74 Å². The fourth-order valence-electron chi connectivity index (χ4n) is 1.69. The SMILES string of the molecule is CCOC(C)(CC)C(O)c1cccnc1N. The summed E-state index contributed by atoms with van der Waals surface area (Å²) >= 11 is 0. The van der Waals surface area contributed by atoms with Gasteiger partial charge in [-0.3, -0.25) is 0 Å². The lowest BCUT2D eigenvalue weighted by Crippen LogP contribution is -2.36. The predicted octanol–water partition coefficient (Wildman–Crippen LogP) is 1.90. The fourth-order valence-corrected chi connectivity index (χ4v) is 1.69. The lowest BCUT2D eigenvalue weighted by atomic mass is 9.90. The third kappa shape index (κ3) is 2.51. The average molecular weight is 224 g/mol. The molecule has 0 saturated heterocycles. The van der Waals surface area contributed by atoms with E-state index in [4.69, 9.17) is 10.5 Å². The molecule has 0 aliphatic heterocycles. The number of anilines is 1. The summed E-state index contributed by atoms with van der Waals surface area (Å²) in [6.07, 6.45) is 1.55. The number of rotatable bonds is 5. The van der Waals surface area contributed by atoms with E-state index in [0.29, 0.717) is 24.4 Å². The highest BCUT2D eigenvalue weighted by atomic mass is 16.5. The zero-order valence-corrected chi connectivity index (χ0v) is 10.1. The Kier molecular flexibility index (Phi) is 4.26. The molecule has 4 heteroatoms. The van der Waals surface area contributed by atoms with Crippen molar-refractivity contribution < 1.29 is 9.84 Å². The van der Waals surface area contributed by atoms with Gasteiger partial charge in [0.1, 0.15) is 11.9 Å². The van der Waals surface area contributed by atoms with Gasteiger partial charge in [0.25, 0.3) is 0 Å². The number of aliphatic hydroxyl groups is 1. The van der Waals surface area contributed by atoms with E-state index in [2.05, 4.69) is 4.98 Å². The number of aromatic nitrogens is 1. The van der Waals surface area contributed by atoms with Crippen molar-refractivity contribution in [2.24, 2.45) is 0 Å². The molecule has 0 fully saturated rings. The Balaban J connectivity index is 2.99. The first-order chi connectivity index (χ1) is 7.55. The van der Waals surface area contributed by atoms with Gasteiger partial charge < -0.3 is 15.6 Å². The van der Waals surface area contributed by atoms with Crippen LogP contribution in [0.5, 0.6) is 0 Å². The second-order valence-corrected chi connectivity index (χ2v) is 3.98. The molecule has 4 nitrogen and oxygen atoms in total. The van der Waals surface area contributed by atoms with Crippen LogP contribution < -0.4 is 5.73 Å². The first-order valence-electron chi connectivity index (χ1n) is 5.57. The Hall–Kier alpha value is -1.13. The van der Waals surface area contributed by atoms with Crippen molar-refractivity contribution in [3.63, 3.8) is 0 Å². The molecule has 0 radical (unpaired) electrons. The van der Waals surface area contributed by atoms with Gasteiger partial charge >= 0.3 is 0 Å². The molecule has 0 saturated carbocycles. The van der Waals surface area contributed by atoms with Crippen LogP contribution in [0, 0.1) is 0 Å². The predicted molar refractivity (Wildman–Crippen MR) is 63.9 cm³/mol. The summed E-state index contributed by atoms with van der Waals surface area (Å²) in [6.45, 7) is 6.33. The Morgan fingerprint density at radius 2 is 2.25 bits per heavy atom. The standard InChI is InChI=1S/C12H20N2O2/c1-4-12(3,16-5-2)10(15)9-7-6-8-14-11(9)13/h6-8,10,15H,4-5H2,1-3H3,(H2,13,14). The van der Waals surface area contributed by atoms with Crippen LogP contribution in [0.3, 0.4) is 0 Å². The number of hydrogen-bond donors (Lipinski definition) is 2. The maximum absolute atomic E-state index is 10.3. The molecule has 0 spiro atoms. The van der Waals surface area contributed by atoms with Gasteiger partial charge in [0.2, 0.25) is 0 Å². The molecule has 2 atom stereocenters. The molecule has 3 N–H and O–H groups in total. The molecule has 16 heavy (non-hydrogen) atoms. The van der Waals surface area contributed by atoms with Crippen molar-refractivity contribution in [2.75, 3.05) is 12.3 Å². The topological polar surface area (TPSA) is 68.4 Å². The summed E-state index contributed by atoms with van der Waals surface area (Å²) in [5.74, 6) is 0.356. The molecule has 1 heterocycles. The van der Waals surface area contributed by atoms with Crippen LogP contribution >= 0.6 is 0 Å². The molecule has 0 bridgehead atoms. The number of ether oxygens (including phenoxy) is 1. The van der Waals surface area contributed by atoms with E-state index in [1.165, 1.54) is 0 Å². The lowest BCUT2D eigenvalue weighted by molar-refractivity contribution is -0.112. The molecule has 0 aromatic carbocycles. The first-order valence-corrected chi connectivity index (χ1v) is 5.57. The van der Waals surface area contributed by atoms with Crippen molar-refractivity contribution in [1.29, 1.82) is 0 Å². The summed E-state index contributed by atoms with van der Waals surface area (Å²) in [5.41, 5.74) is 5.75. The van der Waals surface area contributed by atoms with Gasteiger partial charge in [-0.2, -0.15) is 0 Å². The Morgan fingerprint density at radius 3 is 2.75 bits per heavy atom. The van der Waals surface area contributed by atoms with Crippen LogP contribution in [0.15, 0.2) is 18.3 Å². The Labute approximate surface area is 96.5 Å². The Bertz CT molecular complexity index is 344. The highest BCUT2D eigenvalue weighted by Crippen LogP contribution is 2.33. The third-order valence-electron chi connectivity index (χ3n) is 2.92. The number of pyridine rings is 1. The van der Waals surface area contributed by atoms with Gasteiger partial charge in [-0.15, -0.1) is 0 Å². The van der Waals surface area contributed by atoms with E-state index in [9.17, 15) is 5.11 Å². The second kappa shape index (κ2) is 5.27. The minimum absolute atomic E-state index is 0.356. The number of nitrogens with zero attached hydrogens (tertiary/aromatic N) is 1. The number of nitrogen functional groups attached to an aromatic ring is 1. The van der Waals surface area contributed by atoms with Crippen LogP contribution in [0.4, 0.5) is 5.82 Å². The highest BCUT2D eigenvalue weighted by molar-refractivity contribution is 5.41. The maximum atomic E-state index is 10.3. The third-order valence-corrected chi connectivity index (χ3v) is 2.92. The number of hydrogen-bond acceptors (Lipinski definition) is 4. The van der Waals surface area contributed by atoms with Crippen LogP contribution in [0.2, 0.25) is 0 Å². The summed E-state index contributed by atoms with van der Waals surface area (Å²) in [6, 6.07) is 3.54. The number of nitrogens with two attached hydrogens (primary N) is 1. The van der Waals surface area contributed by atoms with Gasteiger partial charge in [0.05, 0.1) is 5.60 Å². The molecular weight excluding hydrogens is 204 g/mol. The summed E-state index contributed by atoms with van der Waals surface area (Å²) in [7, 11) is 0. The molecule has 90 valence electrons. The summed E-state index contributed by atoms with van der Waals surface area (Å²) in [5, 5.41) is 10.3. The molecule has 2 unspecified atom stereocenters. The smallest absolute Gasteiger partial charge is 0.129 e. The normalized spacial score (nSPS) is 16.8. The van der Waals surface area contributed by atoms with Gasteiger partial charge in [-0.05, 0) is 26.3 Å². The molecule has 0 aliphatic carbocycles. The van der Waals surface area contributed by atoms with Gasteiger partial charge in [-0.1, -0.05) is 13.0 Å². The molecule has 1 aromatic heterocycles. The van der Waals surface area contributed by atoms with E-state index in [-0.39, 0.29) is 0 Å². The lowest BCUT2D eigenvalue weighted by Gasteiger charge is -2.33. The minimum Gasteiger partial charge on any atom is -0.385 e. The fraction of sp³-hybridized carbons (Fsp3) is 0.583. The maximum Gasteiger partial charge on any atom is 0.129 e. The quantitative estimate of drug-likeness (QED) is 0.801. The van der Waals surface area contributed by atoms with Crippen molar-refractivity contribution in [2.45, 2.75) is 38.9 Å². The first kappa shape index (κ1) is 12.9. The minimum atomic E-state index is -0.758. The monoisotopic (exact) mass is 224 g/mol. The van der Waals surface area contributed by atoms with Crippen molar-refractivity contribution in [3.05, 3.63) is 23.9 Å². The average Bonchev–Trinajstić information content (AvgIpc) is 2.29. The van der Waals surface area contributed by atoms with Crippen LogP contribution in [-0.4, -0.2) is 22.3 Å². The zero-order chi connectivity index (χ0) is 12.2. The van der Waals surface area contributed by atoms with Crippen molar-refractivity contribution >= 4 is 5.82 Å². The van der Waals surface area contributed by atoms with E-state index in [1.807, 2.05) is 20.8 Å². The Morgan fingerprint density at radius 1 is 1.56 bits per heavy atom. The van der Waals surface area contributed by atoms with E-state index in [0.717, 1.165) is 0 Å². The largest absolute Gasteiger partial charge is 0.385 e. The van der Waals surface area contributed by atoms with E-state index >= 15 is 0 Å². The molecular formula is C12H20N2O2. The second-order valence-electron chi connectivity index (χ2n) is 3.98. The van der Waals surface area contributed by atoms with Gasteiger partial charge in [0, 0.05) is 18.4 Å². The van der Waals surface area contributed by atoms with E-state index in [1.54, 1.807) is 18.3 Å². The number of aliphatic hydroxyl groups excluding tert-OH is 1. The molecule has 1 rings (SSSR count). The molecule has 0 amide bonds. The van der Waals surface area contributed by atoms with Crippen molar-refractivity contribution in [3.8, 4) is 0 Å². The van der Waals surface area contributed by atoms with Gasteiger partial charge in [-0.25, -0.2) is 4.98 Å². The highest BCUT2D eigenvalue weighted by Gasteiger charge is 2.34. The van der Waals surface area contributed by atoms with Crippen LogP contribution in [0.1, 0.15) is 38.9 Å². The van der Waals surface area contributed by atoms with E-state index < -0.39 is 11.7 Å². The molecule has 1 aromatic rings. The van der Waals surface area contributed by atoms with Crippen molar-refractivity contribution in [1.82, 2.24) is 4.98 Å². The zero-order valence-electron chi connectivity index (χ0n) is 10.1.